The summed E-state index contributed by atoms with van der Waals surface area (Å²) in [6.45, 7) is 9.16. The van der Waals surface area contributed by atoms with Gasteiger partial charge in [-0.2, -0.15) is 0 Å². The van der Waals surface area contributed by atoms with E-state index in [9.17, 15) is 0 Å². The molecule has 3 heteroatoms. The Kier molecular flexibility index (Phi) is 4.85. The zero-order chi connectivity index (χ0) is 10.6. The minimum atomic E-state index is 0.420. The minimum Gasteiger partial charge on any atom is -0.326 e. The molecule has 0 aromatic heterocycles. The van der Waals surface area contributed by atoms with E-state index in [0.717, 1.165) is 6.54 Å². The second kappa shape index (κ2) is 5.69. The second-order valence-electron chi connectivity index (χ2n) is 4.59. The molecule has 84 valence electrons. The number of likely N-dealkylation sites (tertiary alicyclic amines) is 1. The monoisotopic (exact) mass is 199 g/mol. The van der Waals surface area contributed by atoms with E-state index in [-0.39, 0.29) is 0 Å². The quantitative estimate of drug-likeness (QED) is 0.709. The normalized spacial score (nSPS) is 25.9. The molecule has 0 radical (unpaired) electrons. The molecule has 1 saturated heterocycles. The van der Waals surface area contributed by atoms with Gasteiger partial charge in [-0.3, -0.25) is 0 Å². The number of hydrogen-bond donors (Lipinski definition) is 1. The lowest BCUT2D eigenvalue weighted by molar-refractivity contribution is 0.210. The zero-order valence-electron chi connectivity index (χ0n) is 9.87. The van der Waals surface area contributed by atoms with Gasteiger partial charge in [-0.15, -0.1) is 0 Å². The van der Waals surface area contributed by atoms with Crippen molar-refractivity contribution >= 4 is 0 Å². The fraction of sp³-hybridized carbons (Fsp3) is 1.00. The molecule has 0 spiro atoms. The summed E-state index contributed by atoms with van der Waals surface area (Å²) >= 11 is 0. The molecule has 1 rings (SSSR count). The van der Waals surface area contributed by atoms with E-state index in [1.807, 2.05) is 0 Å². The van der Waals surface area contributed by atoms with E-state index in [4.69, 9.17) is 5.73 Å². The smallest absolute Gasteiger partial charge is 0.0180 e. The fourth-order valence-electron chi connectivity index (χ4n) is 1.90. The van der Waals surface area contributed by atoms with Gasteiger partial charge in [0.25, 0.3) is 0 Å². The Balaban J connectivity index is 2.14. The van der Waals surface area contributed by atoms with Crippen molar-refractivity contribution in [1.82, 2.24) is 9.80 Å². The van der Waals surface area contributed by atoms with E-state index < -0.39 is 0 Å². The molecule has 0 saturated carbocycles. The molecule has 1 heterocycles. The highest BCUT2D eigenvalue weighted by molar-refractivity contribution is 4.78. The van der Waals surface area contributed by atoms with Gasteiger partial charge in [0, 0.05) is 31.7 Å². The Morgan fingerprint density at radius 1 is 1.57 bits per heavy atom. The van der Waals surface area contributed by atoms with Gasteiger partial charge in [-0.1, -0.05) is 6.92 Å². The largest absolute Gasteiger partial charge is 0.326 e. The van der Waals surface area contributed by atoms with Crippen LogP contribution in [-0.4, -0.2) is 55.1 Å². The van der Waals surface area contributed by atoms with E-state index in [1.165, 1.54) is 32.5 Å². The highest BCUT2D eigenvalue weighted by atomic mass is 15.2. The summed E-state index contributed by atoms with van der Waals surface area (Å²) in [6, 6.07) is 1.12. The third-order valence-corrected chi connectivity index (χ3v) is 3.42. The van der Waals surface area contributed by atoms with Gasteiger partial charge >= 0.3 is 0 Å². The summed E-state index contributed by atoms with van der Waals surface area (Å²) in [7, 11) is 2.21. The maximum atomic E-state index is 5.86. The molecule has 0 bridgehead atoms. The second-order valence-corrected chi connectivity index (χ2v) is 4.59. The number of hydrogen-bond acceptors (Lipinski definition) is 3. The van der Waals surface area contributed by atoms with Crippen LogP contribution >= 0.6 is 0 Å². The number of nitrogens with two attached hydrogens (primary N) is 1. The van der Waals surface area contributed by atoms with Crippen molar-refractivity contribution in [1.29, 1.82) is 0 Å². The Hall–Kier alpha value is -0.120. The minimum absolute atomic E-state index is 0.420. The molecule has 0 aromatic rings. The van der Waals surface area contributed by atoms with E-state index >= 15 is 0 Å². The third-order valence-electron chi connectivity index (χ3n) is 3.42. The average molecular weight is 199 g/mol. The molecule has 3 nitrogen and oxygen atoms in total. The molecular formula is C11H25N3. The van der Waals surface area contributed by atoms with Crippen LogP contribution in [0, 0.1) is 0 Å². The SMILES string of the molecule is CCC(C)N(C)CCN1CCC(N)C1. The molecule has 0 aromatic carbocycles. The summed E-state index contributed by atoms with van der Waals surface area (Å²) < 4.78 is 0. The van der Waals surface area contributed by atoms with Crippen LogP contribution in [0.4, 0.5) is 0 Å². The van der Waals surface area contributed by atoms with Gasteiger partial charge in [-0.05, 0) is 33.4 Å². The van der Waals surface area contributed by atoms with Gasteiger partial charge in [0.05, 0.1) is 0 Å². The molecule has 2 N–H and O–H groups in total. The van der Waals surface area contributed by atoms with Gasteiger partial charge in [0.15, 0.2) is 0 Å². The Morgan fingerprint density at radius 2 is 2.29 bits per heavy atom. The Morgan fingerprint density at radius 3 is 2.79 bits per heavy atom. The molecule has 2 atom stereocenters. The lowest BCUT2D eigenvalue weighted by atomic mass is 10.2. The van der Waals surface area contributed by atoms with Gasteiger partial charge in [0.2, 0.25) is 0 Å². The molecule has 1 aliphatic rings. The fourth-order valence-corrected chi connectivity index (χ4v) is 1.90. The lowest BCUT2D eigenvalue weighted by Gasteiger charge is -2.26. The van der Waals surface area contributed by atoms with Crippen molar-refractivity contribution in [3.05, 3.63) is 0 Å². The Bertz CT molecular complexity index is 159. The molecule has 14 heavy (non-hydrogen) atoms. The first-order valence-electron chi connectivity index (χ1n) is 5.81. The first kappa shape index (κ1) is 12.0. The van der Waals surface area contributed by atoms with Gasteiger partial charge in [0.1, 0.15) is 0 Å². The summed E-state index contributed by atoms with van der Waals surface area (Å²) in [4.78, 5) is 4.91. The maximum absolute atomic E-state index is 5.86. The van der Waals surface area contributed by atoms with Crippen LogP contribution in [0.3, 0.4) is 0 Å². The topological polar surface area (TPSA) is 32.5 Å². The van der Waals surface area contributed by atoms with Gasteiger partial charge in [-0.25, -0.2) is 0 Å². The number of likely N-dealkylation sites (N-methyl/N-ethyl adjacent to an activating group) is 1. The summed E-state index contributed by atoms with van der Waals surface area (Å²) in [6.07, 6.45) is 2.41. The summed E-state index contributed by atoms with van der Waals surface area (Å²) in [5.41, 5.74) is 5.86. The first-order valence-corrected chi connectivity index (χ1v) is 5.81. The molecule has 0 amide bonds. The highest BCUT2D eigenvalue weighted by Crippen LogP contribution is 2.07. The van der Waals surface area contributed by atoms with Crippen LogP contribution in [0.2, 0.25) is 0 Å². The van der Waals surface area contributed by atoms with Crippen molar-refractivity contribution in [2.24, 2.45) is 5.73 Å². The predicted molar refractivity (Wildman–Crippen MR) is 61.4 cm³/mol. The van der Waals surface area contributed by atoms with Crippen molar-refractivity contribution in [3.63, 3.8) is 0 Å². The molecule has 2 unspecified atom stereocenters. The average Bonchev–Trinajstić information content (AvgIpc) is 2.59. The van der Waals surface area contributed by atoms with E-state index in [2.05, 4.69) is 30.7 Å². The van der Waals surface area contributed by atoms with Crippen molar-refractivity contribution in [3.8, 4) is 0 Å². The zero-order valence-corrected chi connectivity index (χ0v) is 9.87. The highest BCUT2D eigenvalue weighted by Gasteiger charge is 2.19. The van der Waals surface area contributed by atoms with Crippen LogP contribution < -0.4 is 5.73 Å². The van der Waals surface area contributed by atoms with Crippen molar-refractivity contribution in [2.75, 3.05) is 33.2 Å². The summed E-state index contributed by atoms with van der Waals surface area (Å²) in [5, 5.41) is 0. The molecular weight excluding hydrogens is 174 g/mol. The van der Waals surface area contributed by atoms with E-state index in [0.29, 0.717) is 12.1 Å². The number of nitrogens with zero attached hydrogens (tertiary/aromatic N) is 2. The Labute approximate surface area is 88.2 Å². The van der Waals surface area contributed by atoms with Gasteiger partial charge < -0.3 is 15.5 Å². The van der Waals surface area contributed by atoms with Crippen LogP contribution in [0.5, 0.6) is 0 Å². The van der Waals surface area contributed by atoms with Crippen molar-refractivity contribution in [2.45, 2.75) is 38.8 Å². The molecule has 1 aliphatic heterocycles. The third kappa shape index (κ3) is 3.56. The lowest BCUT2D eigenvalue weighted by Crippen LogP contribution is -2.37. The van der Waals surface area contributed by atoms with Crippen LogP contribution in [0.1, 0.15) is 26.7 Å². The maximum Gasteiger partial charge on any atom is 0.0180 e. The first-order chi connectivity index (χ1) is 6.63. The summed E-state index contributed by atoms with van der Waals surface area (Å²) in [5.74, 6) is 0. The molecule has 1 fully saturated rings. The van der Waals surface area contributed by atoms with Crippen LogP contribution in [-0.2, 0) is 0 Å². The predicted octanol–water partition coefficient (Wildman–Crippen LogP) is 0.750. The van der Waals surface area contributed by atoms with E-state index in [1.54, 1.807) is 0 Å². The van der Waals surface area contributed by atoms with Crippen LogP contribution in [0.15, 0.2) is 0 Å². The number of rotatable bonds is 5. The molecule has 0 aliphatic carbocycles. The van der Waals surface area contributed by atoms with Crippen molar-refractivity contribution < 1.29 is 0 Å². The standard InChI is InChI=1S/C11H25N3/c1-4-10(2)13(3)7-8-14-6-5-11(12)9-14/h10-11H,4-9,12H2,1-3H3. The van der Waals surface area contributed by atoms with Crippen LogP contribution in [0.25, 0.3) is 0 Å².